The van der Waals surface area contributed by atoms with Gasteiger partial charge in [-0.2, -0.15) is 4.98 Å². The highest BCUT2D eigenvalue weighted by molar-refractivity contribution is 5.58. The molecule has 0 aliphatic carbocycles. The van der Waals surface area contributed by atoms with Crippen LogP contribution >= 0.6 is 0 Å². The minimum Gasteiger partial charge on any atom is -0.350 e. The fourth-order valence-corrected chi connectivity index (χ4v) is 3.29. The number of benzene rings is 1. The molecule has 4 rings (SSSR count). The van der Waals surface area contributed by atoms with Crippen LogP contribution in [0.3, 0.4) is 0 Å². The lowest BCUT2D eigenvalue weighted by molar-refractivity contribution is -0.384. The van der Waals surface area contributed by atoms with Gasteiger partial charge in [-0.05, 0) is 31.0 Å². The van der Waals surface area contributed by atoms with Gasteiger partial charge < -0.3 is 9.42 Å². The number of halogens is 1. The van der Waals surface area contributed by atoms with E-state index in [1.165, 1.54) is 18.2 Å². The van der Waals surface area contributed by atoms with Gasteiger partial charge in [0.05, 0.1) is 10.8 Å². The number of nitro groups is 1. The molecule has 0 saturated carbocycles. The molecule has 2 aromatic heterocycles. The van der Waals surface area contributed by atoms with Crippen LogP contribution in [-0.4, -0.2) is 33.1 Å². The SMILES string of the molecule is O=[N+]([O-])c1cccnc1N1CCCC(c2nc(-c3cccc(F)c3)no2)C1. The van der Waals surface area contributed by atoms with Crippen molar-refractivity contribution < 1.29 is 13.8 Å². The molecule has 1 aromatic carbocycles. The number of hydrogen-bond donors (Lipinski definition) is 0. The predicted molar refractivity (Wildman–Crippen MR) is 94.8 cm³/mol. The summed E-state index contributed by atoms with van der Waals surface area (Å²) in [5, 5.41) is 15.2. The lowest BCUT2D eigenvalue weighted by atomic mass is 9.98. The Bertz CT molecular complexity index is 977. The fraction of sp³-hybridized carbons (Fsp3) is 0.278. The smallest absolute Gasteiger partial charge is 0.311 e. The number of pyridine rings is 1. The van der Waals surface area contributed by atoms with Gasteiger partial charge in [-0.15, -0.1) is 0 Å². The summed E-state index contributed by atoms with van der Waals surface area (Å²) < 4.78 is 18.8. The van der Waals surface area contributed by atoms with Gasteiger partial charge in [-0.3, -0.25) is 10.1 Å². The molecule has 1 saturated heterocycles. The van der Waals surface area contributed by atoms with E-state index in [9.17, 15) is 14.5 Å². The van der Waals surface area contributed by atoms with E-state index in [1.807, 2.05) is 4.90 Å². The van der Waals surface area contributed by atoms with Crippen molar-refractivity contribution >= 4 is 11.5 Å². The van der Waals surface area contributed by atoms with Crippen molar-refractivity contribution in [1.82, 2.24) is 15.1 Å². The van der Waals surface area contributed by atoms with Crippen LogP contribution < -0.4 is 4.90 Å². The van der Waals surface area contributed by atoms with Gasteiger partial charge in [0.2, 0.25) is 17.5 Å². The number of aromatic nitrogens is 3. The molecule has 0 amide bonds. The second-order valence-corrected chi connectivity index (χ2v) is 6.35. The summed E-state index contributed by atoms with van der Waals surface area (Å²) in [7, 11) is 0. The maximum Gasteiger partial charge on any atom is 0.311 e. The largest absolute Gasteiger partial charge is 0.350 e. The third-order valence-corrected chi connectivity index (χ3v) is 4.56. The summed E-state index contributed by atoms with van der Waals surface area (Å²) in [5.41, 5.74) is 0.516. The Labute approximate surface area is 153 Å². The molecule has 0 spiro atoms. The first-order chi connectivity index (χ1) is 13.1. The van der Waals surface area contributed by atoms with Crippen molar-refractivity contribution in [3.05, 3.63) is 64.4 Å². The zero-order valence-corrected chi connectivity index (χ0v) is 14.3. The molecule has 0 bridgehead atoms. The van der Waals surface area contributed by atoms with E-state index in [0.717, 1.165) is 12.8 Å². The molecule has 1 aliphatic heterocycles. The molecule has 0 N–H and O–H groups in total. The molecule has 1 atom stereocenters. The lowest BCUT2D eigenvalue weighted by Gasteiger charge is -2.31. The van der Waals surface area contributed by atoms with Crippen LogP contribution in [0.4, 0.5) is 15.9 Å². The molecule has 0 radical (unpaired) electrons. The van der Waals surface area contributed by atoms with Gasteiger partial charge in [0.1, 0.15) is 5.82 Å². The number of rotatable bonds is 4. The van der Waals surface area contributed by atoms with E-state index in [0.29, 0.717) is 36.2 Å². The molecule has 9 heteroatoms. The Morgan fingerprint density at radius 3 is 3.00 bits per heavy atom. The summed E-state index contributed by atoms with van der Waals surface area (Å²) in [4.78, 5) is 21.3. The third kappa shape index (κ3) is 3.48. The summed E-state index contributed by atoms with van der Waals surface area (Å²) >= 11 is 0. The molecule has 1 unspecified atom stereocenters. The van der Waals surface area contributed by atoms with Crippen molar-refractivity contribution in [2.24, 2.45) is 0 Å². The molecule has 3 heterocycles. The summed E-state index contributed by atoms with van der Waals surface area (Å²) in [6.45, 7) is 1.15. The highest BCUT2D eigenvalue weighted by Gasteiger charge is 2.30. The number of piperidine rings is 1. The van der Waals surface area contributed by atoms with Crippen molar-refractivity contribution in [2.45, 2.75) is 18.8 Å². The van der Waals surface area contributed by atoms with Gasteiger partial charge in [-0.25, -0.2) is 9.37 Å². The monoisotopic (exact) mass is 369 g/mol. The zero-order chi connectivity index (χ0) is 18.8. The Hall–Kier alpha value is -3.36. The second-order valence-electron chi connectivity index (χ2n) is 6.35. The van der Waals surface area contributed by atoms with Gasteiger partial charge >= 0.3 is 5.69 Å². The summed E-state index contributed by atoms with van der Waals surface area (Å²) in [5.74, 6) is 0.667. The molecule has 138 valence electrons. The van der Waals surface area contributed by atoms with E-state index < -0.39 is 4.92 Å². The maximum absolute atomic E-state index is 13.4. The van der Waals surface area contributed by atoms with Crippen molar-refractivity contribution in [3.63, 3.8) is 0 Å². The van der Waals surface area contributed by atoms with Crippen LogP contribution in [0.5, 0.6) is 0 Å². The number of hydrogen-bond acceptors (Lipinski definition) is 7. The van der Waals surface area contributed by atoms with Crippen LogP contribution in [0.1, 0.15) is 24.7 Å². The van der Waals surface area contributed by atoms with Crippen LogP contribution in [-0.2, 0) is 0 Å². The highest BCUT2D eigenvalue weighted by Crippen LogP contribution is 2.33. The van der Waals surface area contributed by atoms with Gasteiger partial charge in [0.25, 0.3) is 0 Å². The topological polar surface area (TPSA) is 98.2 Å². The van der Waals surface area contributed by atoms with Crippen LogP contribution in [0.15, 0.2) is 47.1 Å². The third-order valence-electron chi connectivity index (χ3n) is 4.56. The predicted octanol–water partition coefficient (Wildman–Crippen LogP) is 3.56. The molecule has 1 fully saturated rings. The normalized spacial score (nSPS) is 17.1. The Balaban J connectivity index is 1.57. The Morgan fingerprint density at radius 1 is 1.30 bits per heavy atom. The van der Waals surface area contributed by atoms with Crippen LogP contribution in [0.2, 0.25) is 0 Å². The van der Waals surface area contributed by atoms with Crippen molar-refractivity contribution in [1.29, 1.82) is 0 Å². The molecule has 8 nitrogen and oxygen atoms in total. The highest BCUT2D eigenvalue weighted by atomic mass is 19.1. The van der Waals surface area contributed by atoms with E-state index in [4.69, 9.17) is 4.52 Å². The summed E-state index contributed by atoms with van der Waals surface area (Å²) in [6.07, 6.45) is 3.18. The number of nitrogens with zero attached hydrogens (tertiary/aromatic N) is 5. The minimum atomic E-state index is -0.430. The molecular weight excluding hydrogens is 353 g/mol. The van der Waals surface area contributed by atoms with Crippen LogP contribution in [0.25, 0.3) is 11.4 Å². The molecule has 3 aromatic rings. The Kier molecular flexibility index (Phi) is 4.49. The first kappa shape index (κ1) is 17.1. The van der Waals surface area contributed by atoms with E-state index >= 15 is 0 Å². The van der Waals surface area contributed by atoms with Crippen molar-refractivity contribution in [3.8, 4) is 11.4 Å². The summed E-state index contributed by atoms with van der Waals surface area (Å²) in [6, 6.07) is 8.99. The van der Waals surface area contributed by atoms with Gasteiger partial charge in [0.15, 0.2) is 0 Å². The van der Waals surface area contributed by atoms with E-state index in [1.54, 1.807) is 24.4 Å². The zero-order valence-electron chi connectivity index (χ0n) is 14.3. The Morgan fingerprint density at radius 2 is 2.19 bits per heavy atom. The molecule has 1 aliphatic rings. The van der Waals surface area contributed by atoms with E-state index in [-0.39, 0.29) is 17.4 Å². The maximum atomic E-state index is 13.4. The quantitative estimate of drug-likeness (QED) is 0.512. The van der Waals surface area contributed by atoms with Crippen molar-refractivity contribution in [2.75, 3.05) is 18.0 Å². The minimum absolute atomic E-state index is 0.0240. The van der Waals surface area contributed by atoms with E-state index in [2.05, 4.69) is 15.1 Å². The van der Waals surface area contributed by atoms with Crippen LogP contribution in [0, 0.1) is 15.9 Å². The second kappa shape index (κ2) is 7.10. The first-order valence-electron chi connectivity index (χ1n) is 8.56. The molecular formula is C18H16FN5O3. The van der Waals surface area contributed by atoms with Gasteiger partial charge in [-0.1, -0.05) is 17.3 Å². The first-order valence-corrected chi connectivity index (χ1v) is 8.56. The standard InChI is InChI=1S/C18H16FN5O3/c19-14-6-1-4-12(10-14)16-21-18(27-22-16)13-5-3-9-23(11-13)17-15(24(25)26)7-2-8-20-17/h1-2,4,6-8,10,13H,3,5,9,11H2. The number of anilines is 1. The molecule has 27 heavy (non-hydrogen) atoms. The van der Waals surface area contributed by atoms with Gasteiger partial charge in [0, 0.05) is 30.9 Å². The average molecular weight is 369 g/mol. The fourth-order valence-electron chi connectivity index (χ4n) is 3.29. The average Bonchev–Trinajstić information content (AvgIpc) is 3.18. The lowest BCUT2D eigenvalue weighted by Crippen LogP contribution is -2.35.